The van der Waals surface area contributed by atoms with Gasteiger partial charge in [-0.2, -0.15) is 0 Å². The molecular weight excluding hydrogens is 350 g/mol. The molecule has 0 unspecified atom stereocenters. The van der Waals surface area contributed by atoms with Gasteiger partial charge in [0.2, 0.25) is 0 Å². The molecule has 0 bridgehead atoms. The first kappa shape index (κ1) is 20.3. The van der Waals surface area contributed by atoms with E-state index in [0.717, 1.165) is 51.7 Å². The van der Waals surface area contributed by atoms with E-state index < -0.39 is 0 Å². The van der Waals surface area contributed by atoms with Crippen LogP contribution in [0, 0.1) is 0 Å². The van der Waals surface area contributed by atoms with Gasteiger partial charge in [0.1, 0.15) is 0 Å². The predicted octanol–water partition coefficient (Wildman–Crippen LogP) is 3.87. The zero-order valence-corrected chi connectivity index (χ0v) is 17.2. The third-order valence-electron chi connectivity index (χ3n) is 7.19. The summed E-state index contributed by atoms with van der Waals surface area (Å²) in [4.78, 5) is 0. The van der Waals surface area contributed by atoms with Crippen LogP contribution in [0.1, 0.15) is 80.4 Å². The SMILES string of the molecule is N[C@]1(CO)CC[C@H](c2ccc3c(c2)CC[C@@H](OCCOC2CCCCC2)C3)C1. The van der Waals surface area contributed by atoms with Crippen LogP contribution >= 0.6 is 0 Å². The van der Waals surface area contributed by atoms with Gasteiger partial charge in [-0.15, -0.1) is 0 Å². The van der Waals surface area contributed by atoms with E-state index in [4.69, 9.17) is 15.2 Å². The molecule has 0 heterocycles. The molecule has 3 aliphatic rings. The summed E-state index contributed by atoms with van der Waals surface area (Å²) >= 11 is 0. The van der Waals surface area contributed by atoms with Crippen LogP contribution in [-0.4, -0.2) is 42.7 Å². The maximum absolute atomic E-state index is 9.53. The molecule has 1 aromatic carbocycles. The monoisotopic (exact) mass is 387 g/mol. The highest BCUT2D eigenvalue weighted by Gasteiger charge is 2.36. The molecule has 0 aromatic heterocycles. The van der Waals surface area contributed by atoms with Gasteiger partial charge < -0.3 is 20.3 Å². The second-order valence-electron chi connectivity index (χ2n) is 9.35. The van der Waals surface area contributed by atoms with Gasteiger partial charge in [-0.3, -0.25) is 0 Å². The van der Waals surface area contributed by atoms with Crippen molar-refractivity contribution in [2.24, 2.45) is 5.73 Å². The first-order valence-corrected chi connectivity index (χ1v) is 11.4. The number of aliphatic hydroxyl groups excluding tert-OH is 1. The summed E-state index contributed by atoms with van der Waals surface area (Å²) in [7, 11) is 0. The number of benzene rings is 1. The Bertz CT molecular complexity index is 643. The second kappa shape index (κ2) is 9.25. The highest BCUT2D eigenvalue weighted by atomic mass is 16.5. The molecule has 4 heteroatoms. The van der Waals surface area contributed by atoms with Crippen LogP contribution < -0.4 is 5.73 Å². The number of fused-ring (bicyclic) bond motifs is 1. The molecule has 156 valence electrons. The molecule has 0 saturated heterocycles. The van der Waals surface area contributed by atoms with E-state index in [9.17, 15) is 5.11 Å². The topological polar surface area (TPSA) is 64.7 Å². The molecule has 1 aromatic rings. The van der Waals surface area contributed by atoms with Crippen molar-refractivity contribution >= 4 is 0 Å². The average molecular weight is 388 g/mol. The van der Waals surface area contributed by atoms with Crippen LogP contribution in [0.5, 0.6) is 0 Å². The Morgan fingerprint density at radius 1 is 0.964 bits per heavy atom. The quantitative estimate of drug-likeness (QED) is 0.697. The Morgan fingerprint density at radius 2 is 1.75 bits per heavy atom. The molecule has 0 aliphatic heterocycles. The van der Waals surface area contributed by atoms with Gasteiger partial charge in [0, 0.05) is 5.54 Å². The summed E-state index contributed by atoms with van der Waals surface area (Å²) in [5, 5.41) is 9.53. The summed E-state index contributed by atoms with van der Waals surface area (Å²) in [6.07, 6.45) is 13.4. The van der Waals surface area contributed by atoms with Gasteiger partial charge in [-0.05, 0) is 74.0 Å². The van der Waals surface area contributed by atoms with Crippen molar-refractivity contribution in [2.75, 3.05) is 19.8 Å². The molecule has 3 N–H and O–H groups in total. The number of rotatable bonds is 7. The first-order valence-electron chi connectivity index (χ1n) is 11.4. The fourth-order valence-corrected chi connectivity index (χ4v) is 5.38. The van der Waals surface area contributed by atoms with E-state index >= 15 is 0 Å². The molecular formula is C24H37NO3. The second-order valence-corrected chi connectivity index (χ2v) is 9.35. The third kappa shape index (κ3) is 4.96. The third-order valence-corrected chi connectivity index (χ3v) is 7.19. The van der Waals surface area contributed by atoms with Crippen molar-refractivity contribution < 1.29 is 14.6 Å². The van der Waals surface area contributed by atoms with E-state index in [1.807, 2.05) is 0 Å². The van der Waals surface area contributed by atoms with Gasteiger partial charge in [0.05, 0.1) is 32.0 Å². The maximum atomic E-state index is 9.53. The minimum atomic E-state index is -0.376. The van der Waals surface area contributed by atoms with E-state index in [-0.39, 0.29) is 12.1 Å². The summed E-state index contributed by atoms with van der Waals surface area (Å²) in [5.74, 6) is 0.494. The molecule has 3 atom stereocenters. The van der Waals surface area contributed by atoms with Crippen LogP contribution in [0.4, 0.5) is 0 Å². The van der Waals surface area contributed by atoms with E-state index in [0.29, 0.717) is 18.1 Å². The Hall–Kier alpha value is -0.940. The lowest BCUT2D eigenvalue weighted by atomic mass is 9.85. The number of ether oxygens (including phenoxy) is 2. The number of nitrogens with two attached hydrogens (primary N) is 1. The Labute approximate surface area is 169 Å². The molecule has 0 spiro atoms. The molecule has 2 fully saturated rings. The van der Waals surface area contributed by atoms with Gasteiger partial charge >= 0.3 is 0 Å². The van der Waals surface area contributed by atoms with Crippen molar-refractivity contribution in [3.05, 3.63) is 34.9 Å². The molecule has 2 saturated carbocycles. The van der Waals surface area contributed by atoms with E-state index in [1.165, 1.54) is 48.8 Å². The molecule has 4 nitrogen and oxygen atoms in total. The fraction of sp³-hybridized carbons (Fsp3) is 0.750. The minimum absolute atomic E-state index is 0.0952. The average Bonchev–Trinajstić information content (AvgIpc) is 3.14. The summed E-state index contributed by atoms with van der Waals surface area (Å²) in [5.41, 5.74) is 10.2. The highest BCUT2D eigenvalue weighted by Crippen LogP contribution is 2.40. The van der Waals surface area contributed by atoms with E-state index in [2.05, 4.69) is 18.2 Å². The van der Waals surface area contributed by atoms with Gasteiger partial charge in [-0.25, -0.2) is 0 Å². The van der Waals surface area contributed by atoms with Crippen LogP contribution in [0.25, 0.3) is 0 Å². The Balaban J connectivity index is 1.24. The van der Waals surface area contributed by atoms with Crippen molar-refractivity contribution in [3.63, 3.8) is 0 Å². The fourth-order valence-electron chi connectivity index (χ4n) is 5.38. The highest BCUT2D eigenvalue weighted by molar-refractivity contribution is 5.36. The lowest BCUT2D eigenvalue weighted by Crippen LogP contribution is -2.40. The van der Waals surface area contributed by atoms with Crippen LogP contribution in [0.2, 0.25) is 0 Å². The molecule has 0 radical (unpaired) electrons. The van der Waals surface area contributed by atoms with Crippen LogP contribution in [-0.2, 0) is 22.3 Å². The molecule has 3 aliphatic carbocycles. The number of aliphatic hydroxyl groups is 1. The zero-order chi connectivity index (χ0) is 19.4. The lowest BCUT2D eigenvalue weighted by Gasteiger charge is -2.27. The maximum Gasteiger partial charge on any atom is 0.0704 e. The summed E-state index contributed by atoms with van der Waals surface area (Å²) in [6, 6.07) is 6.97. The van der Waals surface area contributed by atoms with Crippen molar-refractivity contribution in [1.29, 1.82) is 0 Å². The summed E-state index contributed by atoms with van der Waals surface area (Å²) in [6.45, 7) is 1.55. The van der Waals surface area contributed by atoms with Crippen LogP contribution in [0.3, 0.4) is 0 Å². The zero-order valence-electron chi connectivity index (χ0n) is 17.2. The number of aryl methyl sites for hydroxylation is 1. The largest absolute Gasteiger partial charge is 0.394 e. The Kier molecular flexibility index (Phi) is 6.72. The van der Waals surface area contributed by atoms with Crippen LogP contribution in [0.15, 0.2) is 18.2 Å². The molecule has 28 heavy (non-hydrogen) atoms. The lowest BCUT2D eigenvalue weighted by molar-refractivity contribution is -0.0346. The van der Waals surface area contributed by atoms with Crippen molar-refractivity contribution in [1.82, 2.24) is 0 Å². The number of hydrogen-bond acceptors (Lipinski definition) is 4. The van der Waals surface area contributed by atoms with Gasteiger partial charge in [0.15, 0.2) is 0 Å². The minimum Gasteiger partial charge on any atom is -0.394 e. The van der Waals surface area contributed by atoms with Gasteiger partial charge in [-0.1, -0.05) is 37.5 Å². The predicted molar refractivity (Wildman–Crippen MR) is 112 cm³/mol. The van der Waals surface area contributed by atoms with Crippen molar-refractivity contribution in [2.45, 2.75) is 94.3 Å². The normalized spacial score (nSPS) is 31.1. The standard InChI is InChI=1S/C24H37NO3/c25-24(17-26)11-10-21(16-24)19-6-7-20-15-23(9-8-18(20)14-19)28-13-12-27-22-4-2-1-3-5-22/h6-7,14,21-23,26H,1-5,8-13,15-17,25H2/t21-,23+,24+/m0/s1. The Morgan fingerprint density at radius 3 is 2.50 bits per heavy atom. The van der Waals surface area contributed by atoms with Crippen molar-refractivity contribution in [3.8, 4) is 0 Å². The molecule has 0 amide bonds. The summed E-state index contributed by atoms with van der Waals surface area (Å²) < 4.78 is 12.1. The van der Waals surface area contributed by atoms with E-state index in [1.54, 1.807) is 0 Å². The number of hydrogen-bond donors (Lipinski definition) is 2. The first-order chi connectivity index (χ1) is 13.6. The smallest absolute Gasteiger partial charge is 0.0704 e. The molecule has 4 rings (SSSR count). The van der Waals surface area contributed by atoms with Gasteiger partial charge in [0.25, 0.3) is 0 Å².